The molecule has 0 radical (unpaired) electrons. The van der Waals surface area contributed by atoms with E-state index in [1.54, 1.807) is 0 Å². The summed E-state index contributed by atoms with van der Waals surface area (Å²) in [6, 6.07) is 4.43. The van der Waals surface area contributed by atoms with Gasteiger partial charge in [0.15, 0.2) is 0 Å². The van der Waals surface area contributed by atoms with Crippen LogP contribution in [0, 0.1) is 5.92 Å². The van der Waals surface area contributed by atoms with Gasteiger partial charge in [0.2, 0.25) is 0 Å². The van der Waals surface area contributed by atoms with Crippen LogP contribution in [-0.4, -0.2) is 22.5 Å². The third-order valence-electron chi connectivity index (χ3n) is 2.89. The molecule has 0 fully saturated rings. The minimum atomic E-state index is -4.79. The number of carboxylic acids is 1. The summed E-state index contributed by atoms with van der Waals surface area (Å²) >= 11 is 0. The van der Waals surface area contributed by atoms with Crippen LogP contribution < -0.4 is 4.74 Å². The third kappa shape index (κ3) is 3.85. The second kappa shape index (κ2) is 5.08. The number of carbonyl (C=O) groups is 1. The van der Waals surface area contributed by atoms with Gasteiger partial charge < -0.3 is 14.9 Å². The molecule has 0 saturated heterocycles. The summed E-state index contributed by atoms with van der Waals surface area (Å²) in [4.78, 5) is 10.8. The minimum absolute atomic E-state index is 0.192. The third-order valence-corrected chi connectivity index (χ3v) is 2.89. The highest BCUT2D eigenvalue weighted by atomic mass is 19.4. The molecular formula is C12H13F3O4. The SMILES string of the molecule is CC(C(=O)O)C(C)(O)c1ccc(OC(F)(F)F)cc1. The van der Waals surface area contributed by atoms with Crippen LogP contribution >= 0.6 is 0 Å². The second-order valence-electron chi connectivity index (χ2n) is 4.28. The van der Waals surface area contributed by atoms with Crippen molar-refractivity contribution in [3.63, 3.8) is 0 Å². The average Bonchev–Trinajstić information content (AvgIpc) is 2.26. The molecule has 0 amide bonds. The van der Waals surface area contributed by atoms with E-state index in [2.05, 4.69) is 4.74 Å². The van der Waals surface area contributed by atoms with Crippen molar-refractivity contribution in [1.29, 1.82) is 0 Å². The Morgan fingerprint density at radius 2 is 1.74 bits per heavy atom. The van der Waals surface area contributed by atoms with E-state index in [1.807, 2.05) is 0 Å². The van der Waals surface area contributed by atoms with Gasteiger partial charge in [-0.2, -0.15) is 0 Å². The molecule has 0 heterocycles. The van der Waals surface area contributed by atoms with E-state index in [-0.39, 0.29) is 5.56 Å². The van der Waals surface area contributed by atoms with Crippen LogP contribution in [0.2, 0.25) is 0 Å². The fourth-order valence-electron chi connectivity index (χ4n) is 1.48. The molecule has 0 aliphatic rings. The Kier molecular flexibility index (Phi) is 4.09. The van der Waals surface area contributed by atoms with E-state index < -0.39 is 29.6 Å². The molecule has 19 heavy (non-hydrogen) atoms. The van der Waals surface area contributed by atoms with Crippen molar-refractivity contribution >= 4 is 5.97 Å². The fourth-order valence-corrected chi connectivity index (χ4v) is 1.48. The molecule has 2 N–H and O–H groups in total. The van der Waals surface area contributed by atoms with Crippen molar-refractivity contribution in [2.45, 2.75) is 25.8 Å². The topological polar surface area (TPSA) is 66.8 Å². The summed E-state index contributed by atoms with van der Waals surface area (Å²) in [5.41, 5.74) is -1.50. The highest BCUT2D eigenvalue weighted by molar-refractivity contribution is 5.71. The molecule has 0 bridgehead atoms. The lowest BCUT2D eigenvalue weighted by molar-refractivity contribution is -0.274. The smallest absolute Gasteiger partial charge is 0.481 e. The summed E-state index contributed by atoms with van der Waals surface area (Å²) in [5, 5.41) is 19.0. The van der Waals surface area contributed by atoms with Crippen LogP contribution in [0.3, 0.4) is 0 Å². The molecule has 7 heteroatoms. The van der Waals surface area contributed by atoms with Gasteiger partial charge in [-0.15, -0.1) is 13.2 Å². The average molecular weight is 278 g/mol. The van der Waals surface area contributed by atoms with Gasteiger partial charge in [-0.3, -0.25) is 4.79 Å². The molecule has 1 rings (SSSR count). The Bertz CT molecular complexity index is 451. The zero-order valence-electron chi connectivity index (χ0n) is 10.2. The van der Waals surface area contributed by atoms with E-state index in [9.17, 15) is 23.1 Å². The second-order valence-corrected chi connectivity index (χ2v) is 4.28. The highest BCUT2D eigenvalue weighted by Gasteiger charge is 2.36. The first-order valence-corrected chi connectivity index (χ1v) is 5.35. The van der Waals surface area contributed by atoms with E-state index >= 15 is 0 Å². The van der Waals surface area contributed by atoms with E-state index in [4.69, 9.17) is 5.11 Å². The zero-order valence-corrected chi connectivity index (χ0v) is 10.2. The Labute approximate surface area is 107 Å². The standard InChI is InChI=1S/C12H13F3O4/c1-7(10(16)17)11(2,18)8-3-5-9(6-4-8)19-12(13,14)15/h3-7,18H,1-2H3,(H,16,17). The summed E-state index contributed by atoms with van der Waals surface area (Å²) in [6.45, 7) is 2.59. The van der Waals surface area contributed by atoms with E-state index in [0.29, 0.717) is 0 Å². The van der Waals surface area contributed by atoms with Gasteiger partial charge in [-0.1, -0.05) is 12.1 Å². The van der Waals surface area contributed by atoms with Gasteiger partial charge in [-0.05, 0) is 31.5 Å². The molecule has 1 aromatic carbocycles. The first kappa shape index (κ1) is 15.3. The van der Waals surface area contributed by atoms with Gasteiger partial charge in [0.25, 0.3) is 0 Å². The minimum Gasteiger partial charge on any atom is -0.481 e. The monoisotopic (exact) mass is 278 g/mol. The molecule has 4 nitrogen and oxygen atoms in total. The van der Waals surface area contributed by atoms with Gasteiger partial charge in [0, 0.05) is 0 Å². The molecule has 1 aromatic rings. The highest BCUT2D eigenvalue weighted by Crippen LogP contribution is 2.31. The number of halogens is 3. The van der Waals surface area contributed by atoms with Gasteiger partial charge in [0.05, 0.1) is 11.5 Å². The Morgan fingerprint density at radius 3 is 2.11 bits per heavy atom. The molecule has 0 saturated carbocycles. The zero-order chi connectivity index (χ0) is 14.8. The normalized spacial score (nSPS) is 16.5. The van der Waals surface area contributed by atoms with Gasteiger partial charge >= 0.3 is 12.3 Å². The summed E-state index contributed by atoms with van der Waals surface area (Å²) in [6.07, 6.45) is -4.79. The van der Waals surface area contributed by atoms with Crippen molar-refractivity contribution in [3.05, 3.63) is 29.8 Å². The van der Waals surface area contributed by atoms with Gasteiger partial charge in [-0.25, -0.2) is 0 Å². The predicted molar refractivity (Wildman–Crippen MR) is 59.5 cm³/mol. The van der Waals surface area contributed by atoms with Crippen molar-refractivity contribution in [3.8, 4) is 5.75 Å². The van der Waals surface area contributed by atoms with Crippen molar-refractivity contribution < 1.29 is 32.9 Å². The van der Waals surface area contributed by atoms with Crippen molar-refractivity contribution in [2.75, 3.05) is 0 Å². The van der Waals surface area contributed by atoms with Crippen LogP contribution in [0.25, 0.3) is 0 Å². The molecule has 0 aliphatic heterocycles. The lowest BCUT2D eigenvalue weighted by atomic mass is 9.84. The quantitative estimate of drug-likeness (QED) is 0.888. The first-order chi connectivity index (χ1) is 8.54. The van der Waals surface area contributed by atoms with E-state index in [1.165, 1.54) is 26.0 Å². The number of hydrogen-bond acceptors (Lipinski definition) is 3. The molecule has 0 aliphatic carbocycles. The van der Waals surface area contributed by atoms with Gasteiger partial charge in [0.1, 0.15) is 5.75 Å². The largest absolute Gasteiger partial charge is 0.573 e. The number of alkyl halides is 3. The first-order valence-electron chi connectivity index (χ1n) is 5.35. The number of aliphatic hydroxyl groups is 1. The molecular weight excluding hydrogens is 265 g/mol. The number of carboxylic acid groups (broad SMARTS) is 1. The number of rotatable bonds is 4. The Hall–Kier alpha value is -1.76. The number of benzene rings is 1. The molecule has 2 atom stereocenters. The number of aliphatic carboxylic acids is 1. The maximum atomic E-state index is 12.0. The molecule has 2 unspecified atom stereocenters. The Morgan fingerprint density at radius 1 is 1.26 bits per heavy atom. The molecule has 0 aromatic heterocycles. The summed E-state index contributed by atoms with van der Waals surface area (Å²) in [5.74, 6) is -2.75. The maximum Gasteiger partial charge on any atom is 0.573 e. The molecule has 106 valence electrons. The summed E-state index contributed by atoms with van der Waals surface area (Å²) < 4.78 is 39.6. The number of ether oxygens (including phenoxy) is 1. The summed E-state index contributed by atoms with van der Waals surface area (Å²) in [7, 11) is 0. The Balaban J connectivity index is 2.95. The van der Waals surface area contributed by atoms with Crippen LogP contribution in [0.4, 0.5) is 13.2 Å². The number of hydrogen-bond donors (Lipinski definition) is 2. The predicted octanol–water partition coefficient (Wildman–Crippen LogP) is 2.51. The van der Waals surface area contributed by atoms with Crippen molar-refractivity contribution in [1.82, 2.24) is 0 Å². The van der Waals surface area contributed by atoms with Crippen LogP contribution in [0.5, 0.6) is 5.75 Å². The lowest BCUT2D eigenvalue weighted by Crippen LogP contribution is -2.35. The van der Waals surface area contributed by atoms with Crippen molar-refractivity contribution in [2.24, 2.45) is 5.92 Å². The fraction of sp³-hybridized carbons (Fsp3) is 0.417. The van der Waals surface area contributed by atoms with E-state index in [0.717, 1.165) is 12.1 Å². The lowest BCUT2D eigenvalue weighted by Gasteiger charge is -2.28. The maximum absolute atomic E-state index is 12.0. The van der Waals surface area contributed by atoms with Crippen LogP contribution in [0.1, 0.15) is 19.4 Å². The van der Waals surface area contributed by atoms with Crippen LogP contribution in [0.15, 0.2) is 24.3 Å². The van der Waals surface area contributed by atoms with Crippen LogP contribution in [-0.2, 0) is 10.4 Å². The molecule has 0 spiro atoms.